The number of amides is 2. The maximum absolute atomic E-state index is 13.0. The highest BCUT2D eigenvalue weighted by atomic mass is 32.2. The van der Waals surface area contributed by atoms with Crippen LogP contribution in [0.2, 0.25) is 0 Å². The average Bonchev–Trinajstić information content (AvgIpc) is 3.30. The highest BCUT2D eigenvalue weighted by Crippen LogP contribution is 2.36. The number of ether oxygens (including phenoxy) is 1. The molecule has 0 aromatic heterocycles. The number of hydrogen-bond donors (Lipinski definition) is 1. The van der Waals surface area contributed by atoms with Gasteiger partial charge in [-0.2, -0.15) is 0 Å². The minimum absolute atomic E-state index is 0.171. The van der Waals surface area contributed by atoms with Crippen LogP contribution in [0, 0.1) is 0 Å². The number of benzene rings is 3. The van der Waals surface area contributed by atoms with Crippen LogP contribution in [0.15, 0.2) is 77.7 Å². The molecule has 1 N–H and O–H groups in total. The Morgan fingerprint density at radius 2 is 1.65 bits per heavy atom. The molecule has 3 aromatic rings. The lowest BCUT2D eigenvalue weighted by Crippen LogP contribution is -2.31. The third-order valence-electron chi connectivity index (χ3n) is 6.04. The third-order valence-corrected chi connectivity index (χ3v) is 7.24. The lowest BCUT2D eigenvalue weighted by molar-refractivity contribution is -0.121. The summed E-state index contributed by atoms with van der Waals surface area (Å²) in [6.07, 6.45) is -0.364. The van der Waals surface area contributed by atoms with Crippen molar-refractivity contribution in [2.45, 2.75) is 42.6 Å². The van der Waals surface area contributed by atoms with Crippen molar-refractivity contribution in [1.82, 2.24) is 0 Å². The zero-order chi connectivity index (χ0) is 23.8. The predicted octanol–water partition coefficient (Wildman–Crippen LogP) is 5.52. The predicted molar refractivity (Wildman–Crippen MR) is 132 cm³/mol. The van der Waals surface area contributed by atoms with Crippen LogP contribution in [-0.2, 0) is 14.3 Å². The Bertz CT molecular complexity index is 1250. The van der Waals surface area contributed by atoms with E-state index in [2.05, 4.69) is 19.2 Å². The van der Waals surface area contributed by atoms with Gasteiger partial charge in [0.05, 0.1) is 16.5 Å². The normalized spacial score (nSPS) is 19.5. The summed E-state index contributed by atoms with van der Waals surface area (Å²) < 4.78 is 5.43. The molecular weight excluding hydrogens is 448 g/mol. The minimum Gasteiger partial charge on any atom is -0.434 e. The van der Waals surface area contributed by atoms with Crippen molar-refractivity contribution < 1.29 is 19.1 Å². The van der Waals surface area contributed by atoms with Crippen LogP contribution >= 0.6 is 11.8 Å². The van der Waals surface area contributed by atoms with E-state index in [4.69, 9.17) is 4.74 Å². The summed E-state index contributed by atoms with van der Waals surface area (Å²) in [4.78, 5) is 39.8. The van der Waals surface area contributed by atoms with E-state index in [1.807, 2.05) is 66.7 Å². The van der Waals surface area contributed by atoms with Crippen molar-refractivity contribution in [3.8, 4) is 0 Å². The van der Waals surface area contributed by atoms with E-state index in [0.717, 1.165) is 16.1 Å². The molecule has 0 spiro atoms. The third kappa shape index (κ3) is 4.19. The van der Waals surface area contributed by atoms with Crippen molar-refractivity contribution in [3.05, 3.63) is 89.5 Å². The van der Waals surface area contributed by atoms with Crippen molar-refractivity contribution in [3.63, 3.8) is 0 Å². The first-order valence-electron chi connectivity index (χ1n) is 11.2. The summed E-state index contributed by atoms with van der Waals surface area (Å²) in [5, 5.41) is 2.76. The number of cyclic esters (lactones) is 1. The van der Waals surface area contributed by atoms with Crippen molar-refractivity contribution >= 4 is 40.9 Å². The van der Waals surface area contributed by atoms with Crippen LogP contribution in [0.1, 0.15) is 53.9 Å². The maximum Gasteiger partial charge on any atom is 0.340 e. The second-order valence-corrected chi connectivity index (χ2v) is 9.94. The van der Waals surface area contributed by atoms with Gasteiger partial charge in [-0.15, -0.1) is 11.8 Å². The summed E-state index contributed by atoms with van der Waals surface area (Å²) in [6.45, 7) is 4.21. The van der Waals surface area contributed by atoms with Gasteiger partial charge in [-0.1, -0.05) is 44.2 Å². The monoisotopic (exact) mass is 472 g/mol. The molecule has 2 unspecified atom stereocenters. The average molecular weight is 473 g/mol. The molecule has 0 aliphatic carbocycles. The summed E-state index contributed by atoms with van der Waals surface area (Å²) in [7, 11) is 0. The molecule has 1 fully saturated rings. The van der Waals surface area contributed by atoms with Crippen molar-refractivity contribution in [1.29, 1.82) is 0 Å². The van der Waals surface area contributed by atoms with Gasteiger partial charge in [0.15, 0.2) is 0 Å². The molecule has 0 saturated carbocycles. The summed E-state index contributed by atoms with van der Waals surface area (Å²) >= 11 is 1.38. The number of fused-ring (bicyclic) bond motifs is 1. The van der Waals surface area contributed by atoms with Gasteiger partial charge in [0.25, 0.3) is 0 Å². The molecule has 2 heterocycles. The highest BCUT2D eigenvalue weighted by Gasteiger charge is 2.40. The largest absolute Gasteiger partial charge is 0.434 e. The molecule has 2 atom stereocenters. The number of anilines is 2. The van der Waals surface area contributed by atoms with Crippen LogP contribution in [0.5, 0.6) is 0 Å². The van der Waals surface area contributed by atoms with Crippen LogP contribution in [0.4, 0.5) is 11.4 Å². The second kappa shape index (κ2) is 8.99. The fraction of sp³-hybridized carbons (Fsp3) is 0.222. The van der Waals surface area contributed by atoms with E-state index in [1.54, 1.807) is 6.07 Å². The topological polar surface area (TPSA) is 75.7 Å². The number of imide groups is 1. The first kappa shape index (κ1) is 22.2. The Labute approximate surface area is 202 Å². The Kier molecular flexibility index (Phi) is 5.87. The van der Waals surface area contributed by atoms with E-state index < -0.39 is 11.5 Å². The van der Waals surface area contributed by atoms with E-state index in [0.29, 0.717) is 17.2 Å². The molecule has 7 heteroatoms. The van der Waals surface area contributed by atoms with Gasteiger partial charge in [-0.05, 0) is 53.9 Å². The molecule has 2 aliphatic heterocycles. The van der Waals surface area contributed by atoms with Crippen molar-refractivity contribution in [2.75, 3.05) is 10.2 Å². The van der Waals surface area contributed by atoms with Crippen LogP contribution < -0.4 is 10.2 Å². The van der Waals surface area contributed by atoms with E-state index in [9.17, 15) is 14.4 Å². The number of hydrogen-bond acceptors (Lipinski definition) is 6. The SMILES string of the molecule is CC(C)c1ccc(N2C(=O)CC(Sc3ccc(NC4OC(=O)c5ccccc54)cc3)C2=O)cc1. The summed E-state index contributed by atoms with van der Waals surface area (Å²) in [6, 6.07) is 22.5. The van der Waals surface area contributed by atoms with Crippen LogP contribution in [-0.4, -0.2) is 23.0 Å². The molecule has 1 saturated heterocycles. The molecule has 5 rings (SSSR count). The molecule has 6 nitrogen and oxygen atoms in total. The van der Waals surface area contributed by atoms with Crippen LogP contribution in [0.3, 0.4) is 0 Å². The molecule has 2 aliphatic rings. The Morgan fingerprint density at radius 3 is 2.35 bits per heavy atom. The number of carbonyl (C=O) groups excluding carboxylic acids is 3. The standard InChI is InChI=1S/C27H24N2O4S/c1-16(2)17-7-11-19(12-8-17)29-24(30)15-23(26(29)31)34-20-13-9-18(10-14-20)28-25-21-5-3-4-6-22(21)27(32)33-25/h3-14,16,23,25,28H,15H2,1-2H3. The van der Waals surface area contributed by atoms with Crippen molar-refractivity contribution in [2.24, 2.45) is 0 Å². The molecule has 172 valence electrons. The highest BCUT2D eigenvalue weighted by molar-refractivity contribution is 8.00. The number of thioether (sulfide) groups is 1. The molecule has 2 amide bonds. The molecule has 3 aromatic carbocycles. The van der Waals surface area contributed by atoms with Gasteiger partial charge in [-0.25, -0.2) is 9.69 Å². The van der Waals surface area contributed by atoms with Gasteiger partial charge in [0.1, 0.15) is 0 Å². The van der Waals surface area contributed by atoms with Gasteiger partial charge < -0.3 is 10.1 Å². The minimum atomic E-state index is -0.535. The first-order valence-corrected chi connectivity index (χ1v) is 12.1. The van der Waals surface area contributed by atoms with E-state index >= 15 is 0 Å². The number of esters is 1. The Balaban J connectivity index is 1.24. The molecule has 0 radical (unpaired) electrons. The van der Waals surface area contributed by atoms with Gasteiger partial charge in [0.2, 0.25) is 18.0 Å². The Hall–Kier alpha value is -3.58. The fourth-order valence-electron chi connectivity index (χ4n) is 4.17. The lowest BCUT2D eigenvalue weighted by atomic mass is 10.0. The maximum atomic E-state index is 13.0. The first-order chi connectivity index (χ1) is 16.4. The Morgan fingerprint density at radius 1 is 0.941 bits per heavy atom. The second-order valence-electron chi connectivity index (χ2n) is 8.67. The fourth-order valence-corrected chi connectivity index (χ4v) is 5.23. The number of nitrogens with one attached hydrogen (secondary N) is 1. The summed E-state index contributed by atoms with van der Waals surface area (Å²) in [5.74, 6) is -0.327. The number of carbonyl (C=O) groups is 3. The van der Waals surface area contributed by atoms with Crippen LogP contribution in [0.25, 0.3) is 0 Å². The van der Waals surface area contributed by atoms with Gasteiger partial charge >= 0.3 is 5.97 Å². The van der Waals surface area contributed by atoms with E-state index in [-0.39, 0.29) is 24.2 Å². The quantitative estimate of drug-likeness (QED) is 0.376. The zero-order valence-corrected chi connectivity index (χ0v) is 19.7. The molecule has 0 bridgehead atoms. The smallest absolute Gasteiger partial charge is 0.340 e. The van der Waals surface area contributed by atoms with Gasteiger partial charge in [0, 0.05) is 22.6 Å². The molecular formula is C27H24N2O4S. The molecule has 34 heavy (non-hydrogen) atoms. The lowest BCUT2D eigenvalue weighted by Gasteiger charge is -2.16. The van der Waals surface area contributed by atoms with E-state index in [1.165, 1.54) is 22.2 Å². The summed E-state index contributed by atoms with van der Waals surface area (Å²) in [5.41, 5.74) is 3.95. The van der Waals surface area contributed by atoms with Gasteiger partial charge in [-0.3, -0.25) is 9.59 Å². The zero-order valence-electron chi connectivity index (χ0n) is 18.9. The number of nitrogens with zero attached hydrogens (tertiary/aromatic N) is 1. The number of rotatable bonds is 6.